The van der Waals surface area contributed by atoms with Crippen molar-refractivity contribution in [1.29, 1.82) is 0 Å². The summed E-state index contributed by atoms with van der Waals surface area (Å²) in [5.41, 5.74) is 4.25. The second-order valence-corrected chi connectivity index (χ2v) is 5.22. The monoisotopic (exact) mass is 214 g/mol. The molecule has 0 radical (unpaired) electrons. The molecule has 2 heterocycles. The first-order valence-electron chi connectivity index (χ1n) is 5.71. The topological polar surface area (TPSA) is 83.1 Å². The minimum Gasteiger partial charge on any atom is -0.274 e. The third-order valence-electron chi connectivity index (χ3n) is 4.67. The van der Waals surface area contributed by atoms with Gasteiger partial charge in [-0.15, -0.1) is 10.2 Å². The van der Waals surface area contributed by atoms with Crippen molar-refractivity contribution in [2.75, 3.05) is 0 Å². The molecule has 2 unspecified atom stereocenters. The average molecular weight is 214 g/mol. The zero-order valence-corrected chi connectivity index (χ0v) is 8.56. The summed E-state index contributed by atoms with van der Waals surface area (Å²) in [6.45, 7) is 0. The highest BCUT2D eigenvalue weighted by Gasteiger charge is 2.75. The molecule has 0 amide bonds. The van der Waals surface area contributed by atoms with Crippen LogP contribution in [0.4, 0.5) is 0 Å². The predicted molar refractivity (Wildman–Crippen MR) is 53.4 cm³/mol. The van der Waals surface area contributed by atoms with Gasteiger partial charge in [0, 0.05) is 11.5 Å². The van der Waals surface area contributed by atoms with Crippen LogP contribution in [0.25, 0.3) is 11.5 Å². The Morgan fingerprint density at radius 2 is 2.19 bits per heavy atom. The van der Waals surface area contributed by atoms with Gasteiger partial charge in [-0.2, -0.15) is 10.3 Å². The van der Waals surface area contributed by atoms with Crippen LogP contribution in [-0.4, -0.2) is 30.8 Å². The largest absolute Gasteiger partial charge is 0.274 e. The summed E-state index contributed by atoms with van der Waals surface area (Å²) in [6.07, 6.45) is 3.97. The zero-order valence-electron chi connectivity index (χ0n) is 8.56. The molecule has 2 saturated carbocycles. The molecular weight excluding hydrogens is 204 g/mol. The third kappa shape index (κ3) is 0.643. The van der Waals surface area contributed by atoms with Crippen molar-refractivity contribution in [3.63, 3.8) is 0 Å². The summed E-state index contributed by atoms with van der Waals surface area (Å²) in [4.78, 5) is 0. The molecule has 1 spiro atoms. The molecule has 6 heteroatoms. The Hall–Kier alpha value is -1.72. The van der Waals surface area contributed by atoms with Gasteiger partial charge in [-0.3, -0.25) is 5.10 Å². The molecule has 0 aliphatic heterocycles. The molecule has 2 atom stereocenters. The number of nitrogens with one attached hydrogen (secondary N) is 2. The molecule has 0 bridgehead atoms. The average Bonchev–Trinajstić information content (AvgIpc) is 2.93. The van der Waals surface area contributed by atoms with E-state index in [1.165, 1.54) is 24.1 Å². The number of H-pyrrole nitrogens is 2. The molecular formula is C10H10N6. The van der Waals surface area contributed by atoms with Gasteiger partial charge in [-0.05, 0) is 35.8 Å². The van der Waals surface area contributed by atoms with Gasteiger partial charge in [0.15, 0.2) is 0 Å². The summed E-state index contributed by atoms with van der Waals surface area (Å²) in [6, 6.07) is 0. The van der Waals surface area contributed by atoms with E-state index in [1.807, 2.05) is 0 Å². The van der Waals surface area contributed by atoms with E-state index in [1.54, 1.807) is 0 Å². The van der Waals surface area contributed by atoms with Crippen LogP contribution in [0, 0.1) is 11.3 Å². The van der Waals surface area contributed by atoms with Gasteiger partial charge in [0.25, 0.3) is 0 Å². The SMILES string of the molecule is C1c2c(n[nH]c2-c2nn[nH]n2)C2C1C21CC1. The van der Waals surface area contributed by atoms with E-state index in [9.17, 15) is 0 Å². The lowest BCUT2D eigenvalue weighted by Gasteiger charge is -1.99. The number of aromatic amines is 2. The van der Waals surface area contributed by atoms with Crippen molar-refractivity contribution in [1.82, 2.24) is 30.8 Å². The first-order valence-corrected chi connectivity index (χ1v) is 5.71. The van der Waals surface area contributed by atoms with Gasteiger partial charge >= 0.3 is 0 Å². The van der Waals surface area contributed by atoms with E-state index in [2.05, 4.69) is 30.8 Å². The fraction of sp³-hybridized carbons (Fsp3) is 0.600. The molecule has 6 nitrogen and oxygen atoms in total. The van der Waals surface area contributed by atoms with Crippen LogP contribution in [0.15, 0.2) is 0 Å². The van der Waals surface area contributed by atoms with Crippen LogP contribution >= 0.6 is 0 Å². The minimum atomic E-state index is 0.639. The molecule has 5 rings (SSSR count). The molecule has 16 heavy (non-hydrogen) atoms. The Balaban J connectivity index is 1.66. The molecule has 0 saturated heterocycles. The molecule has 80 valence electrons. The van der Waals surface area contributed by atoms with Crippen molar-refractivity contribution < 1.29 is 0 Å². The molecule has 3 aliphatic rings. The number of nitrogens with zero attached hydrogens (tertiary/aromatic N) is 4. The summed E-state index contributed by atoms with van der Waals surface area (Å²) in [7, 11) is 0. The molecule has 2 aromatic heterocycles. The zero-order chi connectivity index (χ0) is 10.3. The Morgan fingerprint density at radius 1 is 1.25 bits per heavy atom. The highest BCUT2D eigenvalue weighted by molar-refractivity contribution is 5.61. The fourth-order valence-electron chi connectivity index (χ4n) is 3.70. The Labute approximate surface area is 90.8 Å². The van der Waals surface area contributed by atoms with Gasteiger partial charge in [0.05, 0.1) is 5.69 Å². The van der Waals surface area contributed by atoms with E-state index < -0.39 is 0 Å². The van der Waals surface area contributed by atoms with Gasteiger partial charge in [-0.1, -0.05) is 0 Å². The lowest BCUT2D eigenvalue weighted by atomic mass is 10.1. The van der Waals surface area contributed by atoms with Crippen LogP contribution in [-0.2, 0) is 6.42 Å². The molecule has 2 N–H and O–H groups in total. The number of rotatable bonds is 1. The van der Waals surface area contributed by atoms with Crippen molar-refractivity contribution in [3.05, 3.63) is 11.3 Å². The molecule has 2 fully saturated rings. The Kier molecular flexibility index (Phi) is 0.964. The lowest BCUT2D eigenvalue weighted by molar-refractivity contribution is 0.698. The normalized spacial score (nSPS) is 31.5. The molecule has 2 aromatic rings. The van der Waals surface area contributed by atoms with Gasteiger partial charge in [-0.25, -0.2) is 0 Å². The maximum atomic E-state index is 4.46. The van der Waals surface area contributed by atoms with E-state index in [0.29, 0.717) is 11.2 Å². The van der Waals surface area contributed by atoms with Gasteiger partial charge in [0.1, 0.15) is 5.69 Å². The second-order valence-electron chi connectivity index (χ2n) is 5.22. The van der Waals surface area contributed by atoms with E-state index >= 15 is 0 Å². The first kappa shape index (κ1) is 7.54. The standard InChI is InChI=1S/C10H10N6/c1-2-10(1)5-3-4-7(6(5)10)11-12-8(4)9-13-15-16-14-9/h5-6H,1-3H2,(H,11,12)(H,13,14,15,16). The van der Waals surface area contributed by atoms with Gasteiger partial charge in [0.2, 0.25) is 5.82 Å². The van der Waals surface area contributed by atoms with Gasteiger partial charge < -0.3 is 0 Å². The van der Waals surface area contributed by atoms with Crippen LogP contribution in [0.1, 0.15) is 30.0 Å². The summed E-state index contributed by atoms with van der Waals surface area (Å²) in [5.74, 6) is 2.24. The predicted octanol–water partition coefficient (Wildman–Crippen LogP) is 0.639. The van der Waals surface area contributed by atoms with Crippen LogP contribution in [0.5, 0.6) is 0 Å². The fourth-order valence-corrected chi connectivity index (χ4v) is 3.70. The van der Waals surface area contributed by atoms with Crippen molar-refractivity contribution >= 4 is 0 Å². The van der Waals surface area contributed by atoms with Crippen LogP contribution in [0.2, 0.25) is 0 Å². The first-order chi connectivity index (χ1) is 7.90. The van der Waals surface area contributed by atoms with Crippen molar-refractivity contribution in [3.8, 4) is 11.5 Å². The number of tetrazole rings is 1. The highest BCUT2D eigenvalue weighted by Crippen LogP contribution is 2.82. The number of aromatic nitrogens is 6. The number of hydrogen-bond acceptors (Lipinski definition) is 4. The van der Waals surface area contributed by atoms with E-state index in [4.69, 9.17) is 0 Å². The third-order valence-corrected chi connectivity index (χ3v) is 4.67. The van der Waals surface area contributed by atoms with Crippen molar-refractivity contribution in [2.45, 2.75) is 25.2 Å². The second kappa shape index (κ2) is 2.05. The maximum absolute atomic E-state index is 4.46. The number of fused-ring (bicyclic) bond motifs is 5. The lowest BCUT2D eigenvalue weighted by Crippen LogP contribution is -1.93. The Morgan fingerprint density at radius 3 is 2.94 bits per heavy atom. The highest BCUT2D eigenvalue weighted by atomic mass is 15.5. The quantitative estimate of drug-likeness (QED) is 0.729. The van der Waals surface area contributed by atoms with Crippen molar-refractivity contribution in [2.24, 2.45) is 11.3 Å². The van der Waals surface area contributed by atoms with Crippen LogP contribution in [0.3, 0.4) is 0 Å². The summed E-state index contributed by atoms with van der Waals surface area (Å²) >= 11 is 0. The summed E-state index contributed by atoms with van der Waals surface area (Å²) in [5, 5.41) is 21.6. The van der Waals surface area contributed by atoms with E-state index in [-0.39, 0.29) is 0 Å². The summed E-state index contributed by atoms with van der Waals surface area (Å²) < 4.78 is 0. The molecule has 0 aromatic carbocycles. The minimum absolute atomic E-state index is 0.639. The Bertz CT molecular complexity index is 578. The maximum Gasteiger partial charge on any atom is 0.222 e. The smallest absolute Gasteiger partial charge is 0.222 e. The number of hydrogen-bond donors (Lipinski definition) is 2. The van der Waals surface area contributed by atoms with E-state index in [0.717, 1.165) is 24.0 Å². The van der Waals surface area contributed by atoms with Crippen LogP contribution < -0.4 is 0 Å². The molecule has 3 aliphatic carbocycles.